The predicted octanol–water partition coefficient (Wildman–Crippen LogP) is 3.83. The van der Waals surface area contributed by atoms with Crippen molar-refractivity contribution >= 4 is 11.3 Å². The van der Waals surface area contributed by atoms with Gasteiger partial charge in [0.25, 0.3) is 0 Å². The lowest BCUT2D eigenvalue weighted by Crippen LogP contribution is -2.14. The van der Waals surface area contributed by atoms with E-state index in [0.717, 1.165) is 30.1 Å². The quantitative estimate of drug-likeness (QED) is 0.814. The fourth-order valence-corrected chi connectivity index (χ4v) is 3.13. The Kier molecular flexibility index (Phi) is 5.05. The number of hydrogen-bond donors (Lipinski definition) is 1. The number of nitrogens with zero attached hydrogens (tertiary/aromatic N) is 2. The minimum Gasteiger partial charge on any atom is -0.312 e. The molecule has 0 atom stereocenters. The minimum absolute atomic E-state index is 0.463. The summed E-state index contributed by atoms with van der Waals surface area (Å²) in [6.07, 6.45) is 4.80. The minimum atomic E-state index is 0.463. The molecule has 19 heavy (non-hydrogen) atoms. The molecule has 0 aliphatic carbocycles. The summed E-state index contributed by atoms with van der Waals surface area (Å²) in [6, 6.07) is 4.04. The second kappa shape index (κ2) is 6.78. The Morgan fingerprint density at radius 1 is 1.26 bits per heavy atom. The Morgan fingerprint density at radius 2 is 2.00 bits per heavy atom. The third-order valence-corrected chi connectivity index (χ3v) is 4.03. The smallest absolute Gasteiger partial charge is 0.124 e. The first-order valence-electron chi connectivity index (χ1n) is 6.83. The van der Waals surface area contributed by atoms with E-state index < -0.39 is 0 Å². The van der Waals surface area contributed by atoms with Gasteiger partial charge in [-0.15, -0.1) is 11.3 Å². The molecule has 102 valence electrons. The van der Waals surface area contributed by atoms with Gasteiger partial charge in [0.1, 0.15) is 5.01 Å². The third-order valence-electron chi connectivity index (χ3n) is 2.91. The van der Waals surface area contributed by atoms with Gasteiger partial charge in [0, 0.05) is 29.4 Å². The van der Waals surface area contributed by atoms with Crippen LogP contribution in [-0.2, 0) is 6.54 Å². The monoisotopic (exact) mass is 275 g/mol. The topological polar surface area (TPSA) is 37.8 Å². The van der Waals surface area contributed by atoms with Gasteiger partial charge in [-0.3, -0.25) is 4.98 Å². The van der Waals surface area contributed by atoms with Crippen LogP contribution in [0, 0.1) is 0 Å². The average molecular weight is 275 g/mol. The molecule has 2 aromatic rings. The molecule has 2 aromatic heterocycles. The summed E-state index contributed by atoms with van der Waals surface area (Å²) in [4.78, 5) is 10.2. The van der Waals surface area contributed by atoms with Crippen molar-refractivity contribution in [3.8, 4) is 10.6 Å². The molecule has 0 spiro atoms. The zero-order valence-corrected chi connectivity index (χ0v) is 12.6. The van der Waals surface area contributed by atoms with Gasteiger partial charge in [0.2, 0.25) is 0 Å². The molecule has 0 saturated heterocycles. The van der Waals surface area contributed by atoms with E-state index in [1.165, 1.54) is 10.6 Å². The van der Waals surface area contributed by atoms with Crippen LogP contribution in [0.2, 0.25) is 0 Å². The van der Waals surface area contributed by atoms with E-state index in [9.17, 15) is 0 Å². The van der Waals surface area contributed by atoms with Gasteiger partial charge < -0.3 is 5.32 Å². The van der Waals surface area contributed by atoms with Crippen LogP contribution in [0.3, 0.4) is 0 Å². The molecule has 0 aromatic carbocycles. The molecule has 0 bridgehead atoms. The van der Waals surface area contributed by atoms with Crippen LogP contribution in [0.5, 0.6) is 0 Å². The predicted molar refractivity (Wildman–Crippen MR) is 81.4 cm³/mol. The van der Waals surface area contributed by atoms with E-state index in [0.29, 0.717) is 5.92 Å². The largest absolute Gasteiger partial charge is 0.312 e. The van der Waals surface area contributed by atoms with Gasteiger partial charge in [0.05, 0.1) is 5.69 Å². The third kappa shape index (κ3) is 3.61. The van der Waals surface area contributed by atoms with Crippen molar-refractivity contribution < 1.29 is 0 Å². The summed E-state index contributed by atoms with van der Waals surface area (Å²) < 4.78 is 0. The Labute approximate surface area is 119 Å². The fourth-order valence-electron chi connectivity index (χ4n) is 1.94. The highest BCUT2D eigenvalue weighted by Gasteiger charge is 2.14. The fraction of sp³-hybridized carbons (Fsp3) is 0.467. The number of pyridine rings is 1. The zero-order chi connectivity index (χ0) is 13.7. The van der Waals surface area contributed by atoms with E-state index in [2.05, 4.69) is 31.1 Å². The summed E-state index contributed by atoms with van der Waals surface area (Å²) in [5.41, 5.74) is 2.38. The second-order valence-electron chi connectivity index (χ2n) is 4.89. The van der Waals surface area contributed by atoms with Crippen LogP contribution in [0.25, 0.3) is 10.6 Å². The van der Waals surface area contributed by atoms with Crippen molar-refractivity contribution in [2.24, 2.45) is 0 Å². The molecule has 2 heterocycles. The van der Waals surface area contributed by atoms with Crippen LogP contribution >= 0.6 is 11.3 Å². The first-order valence-corrected chi connectivity index (χ1v) is 7.64. The Morgan fingerprint density at radius 3 is 2.63 bits per heavy atom. The first kappa shape index (κ1) is 14.2. The molecule has 0 saturated carbocycles. The van der Waals surface area contributed by atoms with Crippen molar-refractivity contribution in [3.63, 3.8) is 0 Å². The highest BCUT2D eigenvalue weighted by atomic mass is 32.1. The van der Waals surface area contributed by atoms with Crippen LogP contribution in [0.4, 0.5) is 0 Å². The van der Waals surface area contributed by atoms with Gasteiger partial charge in [-0.25, -0.2) is 4.98 Å². The maximum atomic E-state index is 4.81. The lowest BCUT2D eigenvalue weighted by atomic mass is 10.1. The first-order chi connectivity index (χ1) is 9.22. The Balaban J connectivity index is 2.25. The molecule has 0 amide bonds. The molecule has 0 aliphatic heterocycles. The number of nitrogens with one attached hydrogen (secondary N) is 1. The van der Waals surface area contributed by atoms with Gasteiger partial charge in [0.15, 0.2) is 0 Å². The molecule has 0 unspecified atom stereocenters. The van der Waals surface area contributed by atoms with Crippen molar-refractivity contribution in [1.82, 2.24) is 15.3 Å². The molecular formula is C15H21N3S. The van der Waals surface area contributed by atoms with Crippen LogP contribution in [0.1, 0.15) is 43.7 Å². The summed E-state index contributed by atoms with van der Waals surface area (Å²) in [5.74, 6) is 0.463. The van der Waals surface area contributed by atoms with E-state index in [4.69, 9.17) is 4.98 Å². The van der Waals surface area contributed by atoms with Gasteiger partial charge in [-0.1, -0.05) is 20.8 Å². The SMILES string of the molecule is CCCNCc1sc(-c2ccncc2)nc1C(C)C. The van der Waals surface area contributed by atoms with Crippen LogP contribution < -0.4 is 5.32 Å². The van der Waals surface area contributed by atoms with Crippen molar-refractivity contribution in [2.45, 2.75) is 39.7 Å². The highest BCUT2D eigenvalue weighted by Crippen LogP contribution is 2.31. The van der Waals surface area contributed by atoms with E-state index in [1.807, 2.05) is 24.5 Å². The molecule has 0 radical (unpaired) electrons. The zero-order valence-electron chi connectivity index (χ0n) is 11.8. The van der Waals surface area contributed by atoms with Crippen LogP contribution in [0.15, 0.2) is 24.5 Å². The van der Waals surface area contributed by atoms with E-state index in [-0.39, 0.29) is 0 Å². The molecule has 4 heteroatoms. The summed E-state index contributed by atoms with van der Waals surface area (Å²) in [6.45, 7) is 8.57. The molecule has 0 aliphatic rings. The highest BCUT2D eigenvalue weighted by molar-refractivity contribution is 7.15. The number of thiazole rings is 1. The number of rotatable bonds is 6. The van der Waals surface area contributed by atoms with Crippen molar-refractivity contribution in [1.29, 1.82) is 0 Å². The van der Waals surface area contributed by atoms with Crippen molar-refractivity contribution in [2.75, 3.05) is 6.54 Å². The maximum absolute atomic E-state index is 4.81. The summed E-state index contributed by atoms with van der Waals surface area (Å²) >= 11 is 1.79. The molecule has 0 fully saturated rings. The molecule has 1 N–H and O–H groups in total. The molecule has 3 nitrogen and oxygen atoms in total. The molecular weight excluding hydrogens is 254 g/mol. The normalized spacial score (nSPS) is 11.2. The van der Waals surface area contributed by atoms with Gasteiger partial charge in [-0.2, -0.15) is 0 Å². The summed E-state index contributed by atoms with van der Waals surface area (Å²) in [7, 11) is 0. The lowest BCUT2D eigenvalue weighted by Gasteiger charge is -2.05. The maximum Gasteiger partial charge on any atom is 0.124 e. The van der Waals surface area contributed by atoms with Gasteiger partial charge in [-0.05, 0) is 31.0 Å². The Bertz CT molecular complexity index is 505. The summed E-state index contributed by atoms with van der Waals surface area (Å²) in [5, 5.41) is 4.57. The standard InChI is InChI=1S/C15H21N3S/c1-4-7-17-10-13-14(11(2)3)18-15(19-13)12-5-8-16-9-6-12/h5-6,8-9,11,17H,4,7,10H2,1-3H3. The lowest BCUT2D eigenvalue weighted by molar-refractivity contribution is 0.670. The number of hydrogen-bond acceptors (Lipinski definition) is 4. The van der Waals surface area contributed by atoms with Crippen LogP contribution in [-0.4, -0.2) is 16.5 Å². The van der Waals surface area contributed by atoms with E-state index in [1.54, 1.807) is 11.3 Å². The van der Waals surface area contributed by atoms with E-state index >= 15 is 0 Å². The average Bonchev–Trinajstić information content (AvgIpc) is 2.84. The van der Waals surface area contributed by atoms with Gasteiger partial charge >= 0.3 is 0 Å². The second-order valence-corrected chi connectivity index (χ2v) is 5.98. The number of aromatic nitrogens is 2. The molecule has 2 rings (SSSR count). The Hall–Kier alpha value is -1.26. The van der Waals surface area contributed by atoms with Crippen molar-refractivity contribution in [3.05, 3.63) is 35.1 Å².